The number of nitrogens with zero attached hydrogens (tertiary/aromatic N) is 2. The number of carbonyl (C=O) groups excluding carboxylic acids is 2. The molecule has 1 aliphatic rings. The third kappa shape index (κ3) is 6.68. The molecule has 0 bridgehead atoms. The van der Waals surface area contributed by atoms with Crippen molar-refractivity contribution < 1.29 is 22.8 Å². The van der Waals surface area contributed by atoms with E-state index < -0.39 is 35.6 Å². The van der Waals surface area contributed by atoms with Gasteiger partial charge in [0.15, 0.2) is 17.5 Å². The number of hydrogen-bond donors (Lipinski definition) is 2. The van der Waals surface area contributed by atoms with Crippen LogP contribution in [-0.4, -0.2) is 60.9 Å². The molecule has 0 spiro atoms. The Labute approximate surface area is 183 Å². The molecule has 0 aliphatic carbocycles. The predicted octanol–water partition coefficient (Wildman–Crippen LogP) is 2.63. The maximum absolute atomic E-state index is 13.6. The molecule has 31 heavy (non-hydrogen) atoms. The summed E-state index contributed by atoms with van der Waals surface area (Å²) in [6.45, 7) is 3.46. The highest BCUT2D eigenvalue weighted by molar-refractivity contribution is 6.30. The smallest absolute Gasteiger partial charge is 0.243 e. The molecule has 2 amide bonds. The second-order valence-corrected chi connectivity index (χ2v) is 7.67. The van der Waals surface area contributed by atoms with E-state index in [0.717, 1.165) is 31.3 Å². The van der Waals surface area contributed by atoms with Crippen molar-refractivity contribution in [3.05, 3.63) is 64.4 Å². The summed E-state index contributed by atoms with van der Waals surface area (Å²) in [6, 6.07) is 9.31. The molecule has 10 heteroatoms. The first kappa shape index (κ1) is 23.1. The van der Waals surface area contributed by atoms with Gasteiger partial charge in [-0.2, -0.15) is 0 Å². The molecule has 1 heterocycles. The van der Waals surface area contributed by atoms with Crippen molar-refractivity contribution >= 4 is 29.1 Å². The lowest BCUT2D eigenvalue weighted by atomic mass is 10.2. The number of halogens is 4. The van der Waals surface area contributed by atoms with Gasteiger partial charge in [0.05, 0.1) is 18.8 Å². The first-order chi connectivity index (χ1) is 14.8. The van der Waals surface area contributed by atoms with Gasteiger partial charge in [0.25, 0.3) is 0 Å². The summed E-state index contributed by atoms with van der Waals surface area (Å²) in [5, 5.41) is 5.24. The van der Waals surface area contributed by atoms with Gasteiger partial charge in [0.2, 0.25) is 11.8 Å². The third-order valence-electron chi connectivity index (χ3n) is 4.88. The van der Waals surface area contributed by atoms with Crippen molar-refractivity contribution in [3.8, 4) is 0 Å². The lowest BCUT2D eigenvalue weighted by Gasteiger charge is -2.34. The average molecular weight is 455 g/mol. The van der Waals surface area contributed by atoms with E-state index in [-0.39, 0.29) is 12.5 Å². The minimum atomic E-state index is -1.67. The number of carbonyl (C=O) groups is 2. The van der Waals surface area contributed by atoms with E-state index in [9.17, 15) is 22.8 Å². The van der Waals surface area contributed by atoms with Gasteiger partial charge >= 0.3 is 0 Å². The summed E-state index contributed by atoms with van der Waals surface area (Å²) < 4.78 is 39.7. The van der Waals surface area contributed by atoms with Crippen molar-refractivity contribution in [1.29, 1.82) is 0 Å². The lowest BCUT2D eigenvalue weighted by Crippen LogP contribution is -2.49. The number of benzene rings is 2. The monoisotopic (exact) mass is 454 g/mol. The highest BCUT2D eigenvalue weighted by Gasteiger charge is 2.20. The van der Waals surface area contributed by atoms with Gasteiger partial charge in [0.1, 0.15) is 0 Å². The largest absolute Gasteiger partial charge is 0.346 e. The van der Waals surface area contributed by atoms with E-state index in [1.807, 2.05) is 29.2 Å². The Morgan fingerprint density at radius 3 is 2.35 bits per heavy atom. The Kier molecular flexibility index (Phi) is 7.89. The second kappa shape index (κ2) is 10.6. The summed E-state index contributed by atoms with van der Waals surface area (Å²) in [5.41, 5.74) is 0.635. The summed E-state index contributed by atoms with van der Waals surface area (Å²) in [4.78, 5) is 28.2. The van der Waals surface area contributed by atoms with Gasteiger partial charge in [-0.15, -0.1) is 0 Å². The first-order valence-electron chi connectivity index (χ1n) is 9.71. The normalized spacial score (nSPS) is 15.0. The van der Waals surface area contributed by atoms with Gasteiger partial charge in [0, 0.05) is 37.7 Å². The Morgan fingerprint density at radius 1 is 0.935 bits per heavy atom. The summed E-state index contributed by atoms with van der Waals surface area (Å²) in [5.74, 6) is -5.61. The van der Waals surface area contributed by atoms with Crippen molar-refractivity contribution in [2.45, 2.75) is 6.54 Å². The first-order valence-corrected chi connectivity index (χ1v) is 10.1. The zero-order valence-corrected chi connectivity index (χ0v) is 17.4. The molecule has 3 rings (SSSR count). The second-order valence-electron chi connectivity index (χ2n) is 7.23. The molecule has 0 atom stereocenters. The van der Waals surface area contributed by atoms with E-state index in [1.54, 1.807) is 0 Å². The number of hydrogen-bond acceptors (Lipinski definition) is 4. The number of rotatable bonds is 7. The number of amides is 2. The van der Waals surface area contributed by atoms with Crippen LogP contribution in [0.5, 0.6) is 0 Å². The van der Waals surface area contributed by atoms with Crippen LogP contribution in [0.2, 0.25) is 5.02 Å². The molecule has 1 saturated heterocycles. The average Bonchev–Trinajstić information content (AvgIpc) is 2.74. The molecule has 0 saturated carbocycles. The van der Waals surface area contributed by atoms with Crippen LogP contribution in [-0.2, 0) is 16.1 Å². The summed E-state index contributed by atoms with van der Waals surface area (Å²) >= 11 is 6.01. The lowest BCUT2D eigenvalue weighted by molar-refractivity contribution is -0.125. The molecular weight excluding hydrogens is 433 g/mol. The van der Waals surface area contributed by atoms with Gasteiger partial charge in [-0.3, -0.25) is 19.4 Å². The Morgan fingerprint density at radius 2 is 1.65 bits per heavy atom. The van der Waals surface area contributed by atoms with E-state index in [4.69, 9.17) is 11.6 Å². The van der Waals surface area contributed by atoms with E-state index in [1.165, 1.54) is 0 Å². The van der Waals surface area contributed by atoms with E-state index in [0.29, 0.717) is 24.2 Å². The maximum Gasteiger partial charge on any atom is 0.243 e. The predicted molar refractivity (Wildman–Crippen MR) is 111 cm³/mol. The van der Waals surface area contributed by atoms with Crippen LogP contribution in [0.15, 0.2) is 36.4 Å². The van der Waals surface area contributed by atoms with Crippen molar-refractivity contribution in [1.82, 2.24) is 15.1 Å². The number of nitrogens with one attached hydrogen (secondary N) is 2. The molecule has 1 fully saturated rings. The van der Waals surface area contributed by atoms with Crippen LogP contribution in [0.25, 0.3) is 0 Å². The number of anilines is 1. The minimum absolute atomic E-state index is 0.123. The molecule has 0 radical (unpaired) electrons. The van der Waals surface area contributed by atoms with Crippen LogP contribution in [0.3, 0.4) is 0 Å². The zero-order chi connectivity index (χ0) is 22.4. The Hall–Kier alpha value is -2.62. The van der Waals surface area contributed by atoms with Crippen molar-refractivity contribution in [2.75, 3.05) is 44.6 Å². The zero-order valence-electron chi connectivity index (χ0n) is 16.6. The minimum Gasteiger partial charge on any atom is -0.346 e. The van der Waals surface area contributed by atoms with Crippen LogP contribution in [0, 0.1) is 17.5 Å². The molecule has 2 N–H and O–H groups in total. The number of piperazine rings is 1. The van der Waals surface area contributed by atoms with Gasteiger partial charge in [-0.25, -0.2) is 13.2 Å². The van der Waals surface area contributed by atoms with Crippen LogP contribution in [0.1, 0.15) is 5.56 Å². The summed E-state index contributed by atoms with van der Waals surface area (Å²) in [7, 11) is 0. The fourth-order valence-electron chi connectivity index (χ4n) is 3.25. The van der Waals surface area contributed by atoms with Crippen molar-refractivity contribution in [3.63, 3.8) is 0 Å². The SMILES string of the molecule is O=C(CN1CCN(Cc2cccc(Cl)c2)CC1)NCC(=O)Nc1ccc(F)c(F)c1F. The molecule has 2 aromatic carbocycles. The molecule has 6 nitrogen and oxygen atoms in total. The van der Waals surface area contributed by atoms with Crippen LogP contribution in [0.4, 0.5) is 18.9 Å². The van der Waals surface area contributed by atoms with Gasteiger partial charge in [-0.05, 0) is 29.8 Å². The van der Waals surface area contributed by atoms with Crippen molar-refractivity contribution in [2.24, 2.45) is 0 Å². The topological polar surface area (TPSA) is 64.7 Å². The fourth-order valence-corrected chi connectivity index (χ4v) is 3.47. The summed E-state index contributed by atoms with van der Waals surface area (Å²) in [6.07, 6.45) is 0. The van der Waals surface area contributed by atoms with E-state index >= 15 is 0 Å². The molecule has 1 aliphatic heterocycles. The van der Waals surface area contributed by atoms with Crippen LogP contribution < -0.4 is 10.6 Å². The molecule has 166 valence electrons. The Bertz CT molecular complexity index is 952. The molecule has 0 aromatic heterocycles. The fraction of sp³-hybridized carbons (Fsp3) is 0.333. The van der Waals surface area contributed by atoms with E-state index in [2.05, 4.69) is 15.5 Å². The molecule has 2 aromatic rings. The van der Waals surface area contributed by atoms with Gasteiger partial charge < -0.3 is 10.6 Å². The standard InChI is InChI=1S/C21H22ClF3N4O2/c22-15-3-1-2-14(10-15)12-28-6-8-29(9-7-28)13-19(31)26-11-18(30)27-17-5-4-16(23)20(24)21(17)25/h1-5,10H,6-9,11-13H2,(H,26,31)(H,27,30). The molecule has 0 unspecified atom stereocenters. The highest BCUT2D eigenvalue weighted by Crippen LogP contribution is 2.19. The Balaban J connectivity index is 1.37. The maximum atomic E-state index is 13.6. The highest BCUT2D eigenvalue weighted by atomic mass is 35.5. The molecular formula is C21H22ClF3N4O2. The quantitative estimate of drug-likeness (QED) is 0.631. The van der Waals surface area contributed by atoms with Gasteiger partial charge in [-0.1, -0.05) is 23.7 Å². The van der Waals surface area contributed by atoms with Crippen LogP contribution >= 0.6 is 11.6 Å². The third-order valence-corrected chi connectivity index (χ3v) is 5.12.